The molecule has 4 rings (SSSR count). The zero-order valence-corrected chi connectivity index (χ0v) is 15.3. The lowest BCUT2D eigenvalue weighted by Crippen LogP contribution is -2.32. The molecular weight excluding hydrogens is 409 g/mol. The molecular formula is C20H14F5N3O2. The van der Waals surface area contributed by atoms with E-state index in [0.717, 1.165) is 6.07 Å². The summed E-state index contributed by atoms with van der Waals surface area (Å²) in [6, 6.07) is 9.07. The molecule has 5 nitrogen and oxygen atoms in total. The zero-order chi connectivity index (χ0) is 21.5. The second-order valence-corrected chi connectivity index (χ2v) is 7.09. The maximum absolute atomic E-state index is 14.1. The standard InChI is InChI=1S/C20H14F5N3O2/c21-13-4-5-14(15(22)9-13)19(6-7-19)10-26-17(29)12-3-1-2-11(8-12)16-27-18(30-28-16)20(23,24)25/h1-5,8-9H,6-7,10H2,(H,26,29). The largest absolute Gasteiger partial charge is 0.471 e. The molecule has 0 saturated heterocycles. The first kappa shape index (κ1) is 20.0. The zero-order valence-electron chi connectivity index (χ0n) is 15.3. The van der Waals surface area contributed by atoms with E-state index < -0.39 is 35.0 Å². The van der Waals surface area contributed by atoms with Crippen molar-refractivity contribution >= 4 is 5.91 Å². The lowest BCUT2D eigenvalue weighted by Gasteiger charge is -2.17. The quantitative estimate of drug-likeness (QED) is 0.614. The summed E-state index contributed by atoms with van der Waals surface area (Å²) in [6.07, 6.45) is -3.49. The van der Waals surface area contributed by atoms with Gasteiger partial charge in [0.2, 0.25) is 5.82 Å². The van der Waals surface area contributed by atoms with Crippen molar-refractivity contribution in [3.63, 3.8) is 0 Å². The molecule has 0 bridgehead atoms. The first-order chi connectivity index (χ1) is 14.2. The Morgan fingerprint density at radius 2 is 1.90 bits per heavy atom. The van der Waals surface area contributed by atoms with Gasteiger partial charge in [0.05, 0.1) is 0 Å². The average molecular weight is 423 g/mol. The summed E-state index contributed by atoms with van der Waals surface area (Å²) in [5, 5.41) is 6.00. The molecule has 3 aromatic rings. The Morgan fingerprint density at radius 3 is 2.53 bits per heavy atom. The molecule has 2 aromatic carbocycles. The molecule has 1 N–H and O–H groups in total. The van der Waals surface area contributed by atoms with E-state index in [9.17, 15) is 26.7 Å². The maximum Gasteiger partial charge on any atom is 0.471 e. The molecule has 156 valence electrons. The maximum atomic E-state index is 14.1. The molecule has 1 amide bonds. The van der Waals surface area contributed by atoms with Crippen LogP contribution in [0.1, 0.15) is 34.7 Å². The number of hydrogen-bond donors (Lipinski definition) is 1. The minimum Gasteiger partial charge on any atom is -0.351 e. The minimum absolute atomic E-state index is 0.138. The molecule has 0 aliphatic heterocycles. The first-order valence-corrected chi connectivity index (χ1v) is 8.93. The van der Waals surface area contributed by atoms with Crippen LogP contribution in [-0.2, 0) is 11.6 Å². The number of carbonyl (C=O) groups is 1. The highest BCUT2D eigenvalue weighted by molar-refractivity contribution is 5.95. The van der Waals surface area contributed by atoms with Crippen molar-refractivity contribution in [2.24, 2.45) is 0 Å². The Labute approximate surface area is 166 Å². The Hall–Kier alpha value is -3.30. The lowest BCUT2D eigenvalue weighted by atomic mass is 9.95. The summed E-state index contributed by atoms with van der Waals surface area (Å²) in [5.41, 5.74) is 0.0821. The number of nitrogens with one attached hydrogen (secondary N) is 1. The van der Waals surface area contributed by atoms with Gasteiger partial charge < -0.3 is 9.84 Å². The summed E-state index contributed by atoms with van der Waals surface area (Å²) < 4.78 is 69.3. The average Bonchev–Trinajstić information content (AvgIpc) is 3.29. The number of amides is 1. The van der Waals surface area contributed by atoms with Crippen LogP contribution in [-0.4, -0.2) is 22.6 Å². The summed E-state index contributed by atoms with van der Waals surface area (Å²) >= 11 is 0. The number of benzene rings is 2. The van der Waals surface area contributed by atoms with Crippen molar-refractivity contribution in [3.05, 3.63) is 71.1 Å². The molecule has 1 aliphatic carbocycles. The number of rotatable bonds is 5. The fraction of sp³-hybridized carbons (Fsp3) is 0.250. The SMILES string of the molecule is O=C(NCC1(c2ccc(F)cc2F)CC1)c1cccc(-c2noc(C(F)(F)F)n2)c1. The summed E-state index contributed by atoms with van der Waals surface area (Å²) in [4.78, 5) is 15.8. The van der Waals surface area contributed by atoms with Gasteiger partial charge in [-0.3, -0.25) is 4.79 Å². The smallest absolute Gasteiger partial charge is 0.351 e. The van der Waals surface area contributed by atoms with E-state index >= 15 is 0 Å². The van der Waals surface area contributed by atoms with Gasteiger partial charge in [-0.1, -0.05) is 23.4 Å². The van der Waals surface area contributed by atoms with E-state index in [2.05, 4.69) is 20.0 Å². The molecule has 1 heterocycles. The van der Waals surface area contributed by atoms with Gasteiger partial charge >= 0.3 is 12.1 Å². The summed E-state index contributed by atoms with van der Waals surface area (Å²) in [5.74, 6) is -3.62. The Balaban J connectivity index is 1.48. The third kappa shape index (κ3) is 3.89. The predicted octanol–water partition coefficient (Wildman–Crippen LogP) is 4.50. The molecule has 0 spiro atoms. The van der Waals surface area contributed by atoms with E-state index in [1.165, 1.54) is 36.4 Å². The molecule has 1 saturated carbocycles. The third-order valence-electron chi connectivity index (χ3n) is 4.99. The van der Waals surface area contributed by atoms with Crippen LogP contribution in [0.15, 0.2) is 47.0 Å². The van der Waals surface area contributed by atoms with Crippen LogP contribution in [0.4, 0.5) is 22.0 Å². The molecule has 0 unspecified atom stereocenters. The van der Waals surface area contributed by atoms with Crippen LogP contribution in [0.3, 0.4) is 0 Å². The second kappa shape index (κ2) is 7.19. The fourth-order valence-electron chi connectivity index (χ4n) is 3.22. The molecule has 0 atom stereocenters. The number of halogens is 5. The van der Waals surface area contributed by atoms with Gasteiger partial charge in [0.15, 0.2) is 0 Å². The van der Waals surface area contributed by atoms with E-state index in [1.807, 2.05) is 0 Å². The van der Waals surface area contributed by atoms with Crippen LogP contribution >= 0.6 is 0 Å². The van der Waals surface area contributed by atoms with Crippen LogP contribution in [0, 0.1) is 11.6 Å². The van der Waals surface area contributed by atoms with E-state index in [-0.39, 0.29) is 23.5 Å². The van der Waals surface area contributed by atoms with E-state index in [4.69, 9.17) is 0 Å². The fourth-order valence-corrected chi connectivity index (χ4v) is 3.22. The van der Waals surface area contributed by atoms with Crippen LogP contribution in [0.2, 0.25) is 0 Å². The van der Waals surface area contributed by atoms with Crippen molar-refractivity contribution in [3.8, 4) is 11.4 Å². The third-order valence-corrected chi connectivity index (χ3v) is 4.99. The monoisotopic (exact) mass is 423 g/mol. The Kier molecular flexibility index (Phi) is 4.79. The van der Waals surface area contributed by atoms with Crippen LogP contribution in [0.25, 0.3) is 11.4 Å². The van der Waals surface area contributed by atoms with Gasteiger partial charge in [-0.05, 0) is 36.6 Å². The Morgan fingerprint density at radius 1 is 1.13 bits per heavy atom. The normalized spacial score (nSPS) is 15.1. The predicted molar refractivity (Wildman–Crippen MR) is 94.3 cm³/mol. The van der Waals surface area contributed by atoms with Crippen molar-refractivity contribution in [2.45, 2.75) is 24.4 Å². The molecule has 1 fully saturated rings. The molecule has 10 heteroatoms. The number of alkyl halides is 3. The van der Waals surface area contributed by atoms with E-state index in [0.29, 0.717) is 18.4 Å². The van der Waals surface area contributed by atoms with Gasteiger partial charge in [-0.15, -0.1) is 0 Å². The highest BCUT2D eigenvalue weighted by Gasteiger charge is 2.46. The van der Waals surface area contributed by atoms with Gasteiger partial charge in [0.25, 0.3) is 5.91 Å². The van der Waals surface area contributed by atoms with Crippen LogP contribution in [0.5, 0.6) is 0 Å². The van der Waals surface area contributed by atoms with Crippen molar-refractivity contribution < 1.29 is 31.3 Å². The molecule has 1 aromatic heterocycles. The van der Waals surface area contributed by atoms with Gasteiger partial charge in [0.1, 0.15) is 11.6 Å². The number of nitrogens with zero attached hydrogens (tertiary/aromatic N) is 2. The van der Waals surface area contributed by atoms with Crippen molar-refractivity contribution in [1.29, 1.82) is 0 Å². The van der Waals surface area contributed by atoms with E-state index in [1.54, 1.807) is 0 Å². The molecule has 1 aliphatic rings. The highest BCUT2D eigenvalue weighted by Crippen LogP contribution is 2.48. The second-order valence-electron chi connectivity index (χ2n) is 7.09. The van der Waals surface area contributed by atoms with Gasteiger partial charge in [-0.25, -0.2) is 8.78 Å². The summed E-state index contributed by atoms with van der Waals surface area (Å²) in [7, 11) is 0. The highest BCUT2D eigenvalue weighted by atomic mass is 19.4. The topological polar surface area (TPSA) is 68.0 Å². The minimum atomic E-state index is -4.77. The van der Waals surface area contributed by atoms with Gasteiger partial charge in [0, 0.05) is 29.2 Å². The van der Waals surface area contributed by atoms with Gasteiger partial charge in [-0.2, -0.15) is 18.2 Å². The lowest BCUT2D eigenvalue weighted by molar-refractivity contribution is -0.159. The number of hydrogen-bond acceptors (Lipinski definition) is 4. The van der Waals surface area contributed by atoms with Crippen molar-refractivity contribution in [2.75, 3.05) is 6.54 Å². The Bertz CT molecular complexity index is 1110. The summed E-state index contributed by atoms with van der Waals surface area (Å²) in [6.45, 7) is 0.138. The molecule has 30 heavy (non-hydrogen) atoms. The number of carbonyl (C=O) groups excluding carboxylic acids is 1. The molecule has 0 radical (unpaired) electrons. The number of aromatic nitrogens is 2. The first-order valence-electron chi connectivity index (χ1n) is 8.93. The van der Waals surface area contributed by atoms with Crippen LogP contribution < -0.4 is 5.32 Å². The van der Waals surface area contributed by atoms with Crippen molar-refractivity contribution in [1.82, 2.24) is 15.5 Å².